The van der Waals surface area contributed by atoms with Crippen LogP contribution in [-0.2, 0) is 20.9 Å². The molecule has 1 aliphatic carbocycles. The van der Waals surface area contributed by atoms with E-state index in [2.05, 4.69) is 0 Å². The van der Waals surface area contributed by atoms with Crippen LogP contribution in [0.25, 0.3) is 0 Å². The Morgan fingerprint density at radius 1 is 1.29 bits per heavy atom. The summed E-state index contributed by atoms with van der Waals surface area (Å²) >= 11 is 0. The van der Waals surface area contributed by atoms with Crippen LogP contribution in [0.1, 0.15) is 5.56 Å². The van der Waals surface area contributed by atoms with Gasteiger partial charge in [0.15, 0.2) is 5.78 Å². The normalized spacial score (nSPS) is 27.0. The molecule has 1 saturated carbocycles. The standard InChI is InChI=1S/C15H15NO5/c17-11-7-16(6-10-12(11)13(10)14(18)19)15(20)21-8-9-4-2-1-3-5-9/h1-5,10,12-13H,6-8H2,(H,18,19). The molecular formula is C15H15NO5. The lowest BCUT2D eigenvalue weighted by atomic mass is 10.1. The van der Waals surface area contributed by atoms with Gasteiger partial charge in [-0.25, -0.2) is 4.79 Å². The molecule has 1 aliphatic heterocycles. The van der Waals surface area contributed by atoms with Gasteiger partial charge < -0.3 is 14.7 Å². The van der Waals surface area contributed by atoms with Crippen molar-refractivity contribution in [3.05, 3.63) is 35.9 Å². The number of rotatable bonds is 3. The minimum Gasteiger partial charge on any atom is -0.481 e. The van der Waals surface area contributed by atoms with E-state index in [1.807, 2.05) is 30.3 Å². The van der Waals surface area contributed by atoms with Crippen molar-refractivity contribution in [3.63, 3.8) is 0 Å². The average molecular weight is 289 g/mol. The Labute approximate surface area is 121 Å². The minimum absolute atomic E-state index is 0.0570. The van der Waals surface area contributed by atoms with E-state index < -0.39 is 23.9 Å². The molecule has 1 N–H and O–H groups in total. The number of piperidine rings is 1. The summed E-state index contributed by atoms with van der Waals surface area (Å²) in [5.74, 6) is -2.45. The lowest BCUT2D eigenvalue weighted by Gasteiger charge is -2.24. The highest BCUT2D eigenvalue weighted by atomic mass is 16.6. The number of likely N-dealkylation sites (tertiary alicyclic amines) is 1. The highest BCUT2D eigenvalue weighted by Crippen LogP contribution is 2.50. The molecule has 1 aromatic rings. The molecule has 2 aliphatic rings. The first-order chi connectivity index (χ1) is 10.1. The number of carboxylic acid groups (broad SMARTS) is 1. The molecule has 0 bridgehead atoms. The van der Waals surface area contributed by atoms with Crippen LogP contribution in [-0.4, -0.2) is 40.9 Å². The molecule has 2 fully saturated rings. The SMILES string of the molecule is O=C(O)C1C2CN(C(=O)OCc3ccccc3)CC(=O)C21. The summed E-state index contributed by atoms with van der Waals surface area (Å²) in [6.07, 6.45) is -0.568. The van der Waals surface area contributed by atoms with Crippen molar-refractivity contribution in [3.8, 4) is 0 Å². The lowest BCUT2D eigenvalue weighted by molar-refractivity contribution is -0.140. The van der Waals surface area contributed by atoms with E-state index in [1.54, 1.807) is 0 Å². The van der Waals surface area contributed by atoms with E-state index in [1.165, 1.54) is 4.90 Å². The molecule has 6 nitrogen and oxygen atoms in total. The molecule has 1 saturated heterocycles. The van der Waals surface area contributed by atoms with E-state index in [0.717, 1.165) is 5.56 Å². The molecule has 0 spiro atoms. The van der Waals surface area contributed by atoms with Gasteiger partial charge in [-0.3, -0.25) is 9.59 Å². The number of aliphatic carboxylic acids is 1. The van der Waals surface area contributed by atoms with Gasteiger partial charge in [0, 0.05) is 18.4 Å². The number of carbonyl (C=O) groups is 3. The molecule has 1 aromatic carbocycles. The third-order valence-corrected chi connectivity index (χ3v) is 4.07. The van der Waals surface area contributed by atoms with Crippen molar-refractivity contribution in [2.45, 2.75) is 6.61 Å². The third kappa shape index (κ3) is 2.61. The zero-order valence-electron chi connectivity index (χ0n) is 11.3. The van der Waals surface area contributed by atoms with Gasteiger partial charge in [-0.1, -0.05) is 30.3 Å². The summed E-state index contributed by atoms with van der Waals surface area (Å²) in [5.41, 5.74) is 0.863. The quantitative estimate of drug-likeness (QED) is 0.902. The molecule has 3 unspecified atom stereocenters. The number of hydrogen-bond donors (Lipinski definition) is 1. The highest BCUT2D eigenvalue weighted by Gasteiger charge is 2.62. The Hall–Kier alpha value is -2.37. The second-order valence-electron chi connectivity index (χ2n) is 5.44. The van der Waals surface area contributed by atoms with Crippen LogP contribution >= 0.6 is 0 Å². The second kappa shape index (κ2) is 5.20. The fourth-order valence-electron chi connectivity index (χ4n) is 2.94. The first kappa shape index (κ1) is 13.6. The number of hydrogen-bond acceptors (Lipinski definition) is 4. The van der Waals surface area contributed by atoms with E-state index in [-0.39, 0.29) is 31.4 Å². The number of ketones is 1. The summed E-state index contributed by atoms with van der Waals surface area (Å²) in [7, 11) is 0. The van der Waals surface area contributed by atoms with Crippen molar-refractivity contribution in [1.29, 1.82) is 0 Å². The Balaban J connectivity index is 1.57. The summed E-state index contributed by atoms with van der Waals surface area (Å²) in [6, 6.07) is 9.24. The predicted octanol–water partition coefficient (Wildman–Crippen LogP) is 1.15. The Morgan fingerprint density at radius 2 is 2.00 bits per heavy atom. The van der Waals surface area contributed by atoms with Crippen molar-refractivity contribution in [2.75, 3.05) is 13.1 Å². The maximum Gasteiger partial charge on any atom is 0.410 e. The van der Waals surface area contributed by atoms with Crippen LogP contribution < -0.4 is 0 Å². The van der Waals surface area contributed by atoms with E-state index >= 15 is 0 Å². The maximum atomic E-state index is 12.0. The van der Waals surface area contributed by atoms with Gasteiger partial charge in [-0.2, -0.15) is 0 Å². The number of carbonyl (C=O) groups excluding carboxylic acids is 2. The smallest absolute Gasteiger partial charge is 0.410 e. The first-order valence-corrected chi connectivity index (χ1v) is 6.79. The van der Waals surface area contributed by atoms with Crippen LogP contribution in [0.3, 0.4) is 0 Å². The van der Waals surface area contributed by atoms with Crippen molar-refractivity contribution in [2.24, 2.45) is 17.8 Å². The van der Waals surface area contributed by atoms with Crippen LogP contribution in [0.2, 0.25) is 0 Å². The topological polar surface area (TPSA) is 83.9 Å². The minimum atomic E-state index is -0.960. The Kier molecular flexibility index (Phi) is 3.37. The number of ether oxygens (including phenoxy) is 1. The van der Waals surface area contributed by atoms with Crippen molar-refractivity contribution < 1.29 is 24.2 Å². The number of carboxylic acids is 1. The molecule has 110 valence electrons. The lowest BCUT2D eigenvalue weighted by Crippen LogP contribution is -2.41. The van der Waals surface area contributed by atoms with Crippen LogP contribution in [0.15, 0.2) is 30.3 Å². The van der Waals surface area contributed by atoms with Crippen LogP contribution in [0.4, 0.5) is 4.79 Å². The third-order valence-electron chi connectivity index (χ3n) is 4.07. The monoisotopic (exact) mass is 289 g/mol. The second-order valence-corrected chi connectivity index (χ2v) is 5.44. The molecule has 3 rings (SSSR count). The first-order valence-electron chi connectivity index (χ1n) is 6.79. The molecule has 3 atom stereocenters. The fourth-order valence-corrected chi connectivity index (χ4v) is 2.94. The van der Waals surface area contributed by atoms with E-state index in [4.69, 9.17) is 9.84 Å². The number of Topliss-reactive ketones (excluding diaryl/α,β-unsaturated/α-hetero) is 1. The average Bonchev–Trinajstić information content (AvgIpc) is 3.21. The van der Waals surface area contributed by atoms with Gasteiger partial charge in [0.05, 0.1) is 12.5 Å². The van der Waals surface area contributed by atoms with Gasteiger partial charge in [-0.15, -0.1) is 0 Å². The van der Waals surface area contributed by atoms with Crippen molar-refractivity contribution >= 4 is 17.8 Å². The van der Waals surface area contributed by atoms with Gasteiger partial charge in [0.25, 0.3) is 0 Å². The number of nitrogens with zero attached hydrogens (tertiary/aromatic N) is 1. The summed E-state index contributed by atoms with van der Waals surface area (Å²) in [6.45, 7) is 0.361. The zero-order valence-corrected chi connectivity index (χ0v) is 11.3. The van der Waals surface area contributed by atoms with Crippen LogP contribution in [0, 0.1) is 17.8 Å². The van der Waals surface area contributed by atoms with E-state index in [0.29, 0.717) is 0 Å². The molecule has 6 heteroatoms. The summed E-state index contributed by atoms with van der Waals surface area (Å²) < 4.78 is 5.17. The van der Waals surface area contributed by atoms with Crippen LogP contribution in [0.5, 0.6) is 0 Å². The van der Waals surface area contributed by atoms with Gasteiger partial charge in [0.2, 0.25) is 0 Å². The van der Waals surface area contributed by atoms with E-state index in [9.17, 15) is 14.4 Å². The maximum absolute atomic E-state index is 12.0. The number of fused-ring (bicyclic) bond motifs is 1. The largest absolute Gasteiger partial charge is 0.481 e. The number of amides is 1. The number of benzene rings is 1. The zero-order chi connectivity index (χ0) is 15.0. The Bertz CT molecular complexity index is 581. The predicted molar refractivity (Wildman–Crippen MR) is 71.3 cm³/mol. The molecule has 1 heterocycles. The van der Waals surface area contributed by atoms with Gasteiger partial charge in [-0.05, 0) is 5.56 Å². The summed E-state index contributed by atoms with van der Waals surface area (Å²) in [4.78, 5) is 36.1. The van der Waals surface area contributed by atoms with Gasteiger partial charge >= 0.3 is 12.1 Å². The molecule has 1 amide bonds. The highest BCUT2D eigenvalue weighted by molar-refractivity contribution is 5.95. The summed E-state index contributed by atoms with van der Waals surface area (Å²) in [5, 5.41) is 8.99. The Morgan fingerprint density at radius 3 is 2.67 bits per heavy atom. The fraction of sp³-hybridized carbons (Fsp3) is 0.400. The van der Waals surface area contributed by atoms with Gasteiger partial charge in [0.1, 0.15) is 6.61 Å². The molecule has 21 heavy (non-hydrogen) atoms. The molecule has 0 radical (unpaired) electrons. The molecule has 0 aromatic heterocycles. The molecular weight excluding hydrogens is 274 g/mol. The van der Waals surface area contributed by atoms with Crippen molar-refractivity contribution in [1.82, 2.24) is 4.90 Å².